The average molecular weight is 527 g/mol. The van der Waals surface area contributed by atoms with E-state index in [1.807, 2.05) is 20.8 Å². The number of amides is 1. The van der Waals surface area contributed by atoms with Crippen LogP contribution in [0.15, 0.2) is 42.9 Å². The quantitative estimate of drug-likeness (QED) is 0.468. The number of nitrogens with zero attached hydrogens (tertiary/aromatic N) is 5. The van der Waals surface area contributed by atoms with Gasteiger partial charge in [0, 0.05) is 54.8 Å². The molecule has 1 amide bonds. The van der Waals surface area contributed by atoms with Crippen LogP contribution in [0, 0.1) is 0 Å². The van der Waals surface area contributed by atoms with Gasteiger partial charge in [0.1, 0.15) is 12.1 Å². The fraction of sp³-hybridized carbons (Fsp3) is 0.464. The van der Waals surface area contributed by atoms with E-state index in [-0.39, 0.29) is 43.5 Å². The van der Waals surface area contributed by atoms with Gasteiger partial charge in [-0.15, -0.1) is 0 Å². The molecule has 2 N–H and O–H groups in total. The molecule has 10 nitrogen and oxygen atoms in total. The van der Waals surface area contributed by atoms with Crippen molar-refractivity contribution >= 4 is 36.9 Å². The van der Waals surface area contributed by atoms with Crippen LogP contribution in [0.5, 0.6) is 0 Å². The maximum atomic E-state index is 12.5. The van der Waals surface area contributed by atoms with Crippen LogP contribution in [0.3, 0.4) is 0 Å². The summed E-state index contributed by atoms with van der Waals surface area (Å²) >= 11 is 0. The summed E-state index contributed by atoms with van der Waals surface area (Å²) in [6.45, 7) is 6.44. The second-order valence-corrected chi connectivity index (χ2v) is 11.1. The number of carbonyl (C=O) groups is 2. The number of aliphatic carboxylic acids is 1. The number of carboxylic acid groups (broad SMARTS) is 1. The van der Waals surface area contributed by atoms with Crippen molar-refractivity contribution in [3.05, 3.63) is 59.7 Å². The zero-order valence-corrected chi connectivity index (χ0v) is 22.1. The molecule has 39 heavy (non-hydrogen) atoms. The predicted octanol–water partition coefficient (Wildman–Crippen LogP) is 3.47. The minimum atomic E-state index is -0.960. The van der Waals surface area contributed by atoms with E-state index in [1.54, 1.807) is 23.5 Å². The van der Waals surface area contributed by atoms with Crippen molar-refractivity contribution in [2.75, 3.05) is 18.4 Å². The van der Waals surface area contributed by atoms with Gasteiger partial charge in [-0.05, 0) is 57.6 Å². The van der Waals surface area contributed by atoms with E-state index in [4.69, 9.17) is 4.74 Å². The summed E-state index contributed by atoms with van der Waals surface area (Å²) in [7, 11) is 0. The molecule has 1 saturated heterocycles. The zero-order chi connectivity index (χ0) is 26.9. The molecule has 2 aliphatic rings. The SMILES string of the molecule is CC(C)(C)OC(=O)N1CCC(c2nn(CC(=O)O)cc2-c2cnc(NC3Cc4ccccc4C3)nc2)CC1.[LiH]. The molecule has 0 radical (unpaired) electrons. The number of ether oxygens (including phenoxy) is 1. The standard InChI is InChI=1S/C28H34N6O4.Li.H/c1-28(2,3)38-27(37)33-10-8-18(9-11-33)25-23(16-34(32-25)17-24(35)36)21-14-29-26(30-15-21)31-22-12-19-6-4-5-7-20(19)13-22;;/h4-7,14-16,18,22H,8-13,17H2,1-3H3,(H,35,36)(H,29,30,31);;. The molecule has 1 aliphatic heterocycles. The molecule has 0 spiro atoms. The van der Waals surface area contributed by atoms with Crippen LogP contribution in [-0.2, 0) is 28.9 Å². The average Bonchev–Trinajstić information content (AvgIpc) is 3.47. The molecule has 5 rings (SSSR count). The summed E-state index contributed by atoms with van der Waals surface area (Å²) in [6.07, 6.45) is 8.26. The van der Waals surface area contributed by atoms with Crippen molar-refractivity contribution in [2.24, 2.45) is 0 Å². The number of nitrogens with one attached hydrogen (secondary N) is 1. The van der Waals surface area contributed by atoms with Gasteiger partial charge in [0.15, 0.2) is 0 Å². The van der Waals surface area contributed by atoms with E-state index in [1.165, 1.54) is 15.8 Å². The third-order valence-electron chi connectivity index (χ3n) is 6.97. The van der Waals surface area contributed by atoms with Gasteiger partial charge in [-0.2, -0.15) is 5.10 Å². The third kappa shape index (κ3) is 7.00. The first-order valence-corrected chi connectivity index (χ1v) is 13.1. The fourth-order valence-electron chi connectivity index (χ4n) is 5.23. The van der Waals surface area contributed by atoms with Crippen LogP contribution in [0.1, 0.15) is 56.4 Å². The van der Waals surface area contributed by atoms with Crippen LogP contribution in [0.4, 0.5) is 10.7 Å². The Kier molecular flexibility index (Phi) is 8.67. The molecular weight excluding hydrogens is 491 g/mol. The van der Waals surface area contributed by atoms with Crippen molar-refractivity contribution in [1.82, 2.24) is 24.6 Å². The van der Waals surface area contributed by atoms with Crippen molar-refractivity contribution < 1.29 is 19.4 Å². The van der Waals surface area contributed by atoms with Crippen LogP contribution in [-0.4, -0.2) is 85.4 Å². The van der Waals surface area contributed by atoms with Gasteiger partial charge in [0.05, 0.1) is 5.69 Å². The molecule has 202 valence electrons. The number of hydrogen-bond donors (Lipinski definition) is 2. The molecule has 1 aliphatic carbocycles. The Balaban J connectivity index is 0.00000353. The number of anilines is 1. The Morgan fingerprint density at radius 3 is 2.26 bits per heavy atom. The van der Waals surface area contributed by atoms with Crippen LogP contribution >= 0.6 is 0 Å². The van der Waals surface area contributed by atoms with Gasteiger partial charge in [0.25, 0.3) is 0 Å². The Hall–Kier alpha value is -3.35. The summed E-state index contributed by atoms with van der Waals surface area (Å²) in [5.41, 5.74) is 4.59. The summed E-state index contributed by atoms with van der Waals surface area (Å²) in [6, 6.07) is 8.71. The predicted molar refractivity (Wildman–Crippen MR) is 149 cm³/mol. The van der Waals surface area contributed by atoms with E-state index in [2.05, 4.69) is 44.6 Å². The Morgan fingerprint density at radius 2 is 1.69 bits per heavy atom. The molecule has 0 saturated carbocycles. The summed E-state index contributed by atoms with van der Waals surface area (Å²) in [4.78, 5) is 34.7. The van der Waals surface area contributed by atoms with E-state index >= 15 is 0 Å². The van der Waals surface area contributed by atoms with Crippen molar-refractivity contribution in [1.29, 1.82) is 0 Å². The zero-order valence-electron chi connectivity index (χ0n) is 22.1. The van der Waals surface area contributed by atoms with Gasteiger partial charge in [-0.3, -0.25) is 9.48 Å². The number of likely N-dealkylation sites (tertiary alicyclic amines) is 1. The van der Waals surface area contributed by atoms with Gasteiger partial charge in [0.2, 0.25) is 5.95 Å². The van der Waals surface area contributed by atoms with E-state index in [0.29, 0.717) is 31.9 Å². The monoisotopic (exact) mass is 526 g/mol. The Labute approximate surface area is 240 Å². The summed E-state index contributed by atoms with van der Waals surface area (Å²) < 4.78 is 6.97. The molecule has 3 aromatic rings. The number of fused-ring (bicyclic) bond motifs is 1. The molecule has 11 heteroatoms. The molecule has 0 bridgehead atoms. The first kappa shape index (κ1) is 28.7. The van der Waals surface area contributed by atoms with Gasteiger partial charge in [-0.1, -0.05) is 24.3 Å². The van der Waals surface area contributed by atoms with Gasteiger partial charge < -0.3 is 20.1 Å². The molecule has 1 aromatic carbocycles. The van der Waals surface area contributed by atoms with E-state index < -0.39 is 11.6 Å². The second kappa shape index (κ2) is 11.8. The maximum absolute atomic E-state index is 12.5. The summed E-state index contributed by atoms with van der Waals surface area (Å²) in [5, 5.41) is 17.4. The Morgan fingerprint density at radius 1 is 1.08 bits per heavy atom. The fourth-order valence-corrected chi connectivity index (χ4v) is 5.23. The molecule has 3 heterocycles. The van der Waals surface area contributed by atoms with Crippen LogP contribution in [0.25, 0.3) is 11.1 Å². The topological polar surface area (TPSA) is 122 Å². The number of carbonyl (C=O) groups excluding carboxylic acids is 1. The van der Waals surface area contributed by atoms with Crippen molar-refractivity contribution in [3.63, 3.8) is 0 Å². The molecule has 2 aromatic heterocycles. The van der Waals surface area contributed by atoms with Gasteiger partial charge in [-0.25, -0.2) is 14.8 Å². The molecule has 1 fully saturated rings. The molecule has 0 unspecified atom stereocenters. The minimum absolute atomic E-state index is 0. The normalized spacial score (nSPS) is 15.9. The number of hydrogen-bond acceptors (Lipinski definition) is 7. The first-order valence-electron chi connectivity index (χ1n) is 13.1. The third-order valence-corrected chi connectivity index (χ3v) is 6.97. The number of piperidine rings is 1. The van der Waals surface area contributed by atoms with Crippen molar-refractivity contribution in [2.45, 2.75) is 70.6 Å². The van der Waals surface area contributed by atoms with Crippen LogP contribution in [0.2, 0.25) is 0 Å². The second-order valence-electron chi connectivity index (χ2n) is 11.1. The summed E-state index contributed by atoms with van der Waals surface area (Å²) in [5.74, 6) is -0.316. The first-order chi connectivity index (χ1) is 18.1. The number of carboxylic acids is 1. The van der Waals surface area contributed by atoms with Crippen LogP contribution < -0.4 is 5.32 Å². The number of rotatable bonds is 6. The number of benzene rings is 1. The Bertz CT molecular complexity index is 1290. The van der Waals surface area contributed by atoms with Gasteiger partial charge >= 0.3 is 30.9 Å². The molecule has 0 atom stereocenters. The molecular formula is C28H35LiN6O4. The number of aromatic nitrogens is 4. The van der Waals surface area contributed by atoms with Crippen molar-refractivity contribution in [3.8, 4) is 11.1 Å². The van der Waals surface area contributed by atoms with E-state index in [0.717, 1.165) is 29.7 Å². The van der Waals surface area contributed by atoms with E-state index in [9.17, 15) is 14.7 Å².